The number of carbonyl (C=O) groups is 1. The average Bonchev–Trinajstić information content (AvgIpc) is 3.10. The maximum atomic E-state index is 13.0. The van der Waals surface area contributed by atoms with Gasteiger partial charge in [-0.05, 0) is 48.7 Å². The third-order valence-corrected chi connectivity index (χ3v) is 5.96. The Morgan fingerprint density at radius 1 is 1.17 bits per heavy atom. The fraction of sp³-hybridized carbons (Fsp3) is 0.286. The van der Waals surface area contributed by atoms with Gasteiger partial charge in [-0.3, -0.25) is 4.79 Å². The molecule has 4 rings (SSSR count). The molecule has 2 heterocycles. The highest BCUT2D eigenvalue weighted by atomic mass is 32.2. The maximum Gasteiger partial charge on any atom is 0.237 e. The lowest BCUT2D eigenvalue weighted by molar-refractivity contribution is -0.116. The number of anilines is 2. The van der Waals surface area contributed by atoms with Crippen molar-refractivity contribution in [2.24, 2.45) is 7.05 Å². The molecule has 3 aromatic rings. The van der Waals surface area contributed by atoms with Crippen LogP contribution in [0.1, 0.15) is 17.8 Å². The maximum absolute atomic E-state index is 13.0. The number of hydrogen-bond acceptors (Lipinski definition) is 5. The van der Waals surface area contributed by atoms with Crippen molar-refractivity contribution in [1.29, 1.82) is 0 Å². The number of carbonyl (C=O) groups excluding carboxylic acids is 1. The number of benzene rings is 2. The van der Waals surface area contributed by atoms with Crippen molar-refractivity contribution in [2.45, 2.75) is 24.5 Å². The number of hydrogen-bond donors (Lipinski definition) is 1. The van der Waals surface area contributed by atoms with E-state index in [1.807, 2.05) is 34.7 Å². The Bertz CT molecular complexity index is 1000. The first-order valence-electron chi connectivity index (χ1n) is 9.50. The van der Waals surface area contributed by atoms with Gasteiger partial charge in [-0.1, -0.05) is 30.0 Å². The molecule has 0 aliphatic carbocycles. The van der Waals surface area contributed by atoms with E-state index in [2.05, 4.69) is 21.6 Å². The summed E-state index contributed by atoms with van der Waals surface area (Å²) in [6, 6.07) is 14.3. The summed E-state index contributed by atoms with van der Waals surface area (Å²) in [4.78, 5) is 14.7. The van der Waals surface area contributed by atoms with E-state index in [0.717, 1.165) is 36.6 Å². The molecule has 2 aromatic carbocycles. The number of amides is 1. The number of nitrogens with zero attached hydrogens (tertiary/aromatic N) is 4. The molecule has 1 N–H and O–H groups in total. The van der Waals surface area contributed by atoms with Gasteiger partial charge in [-0.15, -0.1) is 10.2 Å². The minimum atomic E-state index is -0.270. The molecule has 0 fully saturated rings. The van der Waals surface area contributed by atoms with Gasteiger partial charge >= 0.3 is 0 Å². The Morgan fingerprint density at radius 3 is 2.79 bits per heavy atom. The molecule has 0 radical (unpaired) electrons. The van der Waals surface area contributed by atoms with Gasteiger partial charge in [0.2, 0.25) is 5.91 Å². The van der Waals surface area contributed by atoms with E-state index in [1.54, 1.807) is 12.1 Å². The number of aryl methyl sites for hydroxylation is 1. The summed E-state index contributed by atoms with van der Waals surface area (Å²) in [6.07, 6.45) is 2.00. The van der Waals surface area contributed by atoms with Crippen LogP contribution in [0, 0.1) is 5.82 Å². The van der Waals surface area contributed by atoms with Gasteiger partial charge < -0.3 is 14.8 Å². The van der Waals surface area contributed by atoms with Gasteiger partial charge in [0.05, 0.1) is 12.3 Å². The number of rotatable bonds is 6. The van der Waals surface area contributed by atoms with Gasteiger partial charge in [0.25, 0.3) is 0 Å². The molecule has 6 nitrogen and oxygen atoms in total. The van der Waals surface area contributed by atoms with E-state index < -0.39 is 0 Å². The molecule has 29 heavy (non-hydrogen) atoms. The van der Waals surface area contributed by atoms with Gasteiger partial charge in [0.15, 0.2) is 11.0 Å². The van der Waals surface area contributed by atoms with E-state index >= 15 is 0 Å². The van der Waals surface area contributed by atoms with Crippen molar-refractivity contribution >= 4 is 29.0 Å². The first kappa shape index (κ1) is 19.4. The van der Waals surface area contributed by atoms with Crippen molar-refractivity contribution in [1.82, 2.24) is 14.8 Å². The van der Waals surface area contributed by atoms with Crippen molar-refractivity contribution < 1.29 is 9.18 Å². The summed E-state index contributed by atoms with van der Waals surface area (Å²) in [5.41, 5.74) is 3.05. The third-order valence-electron chi connectivity index (χ3n) is 4.96. The predicted octanol–water partition coefficient (Wildman–Crippen LogP) is 3.64. The van der Waals surface area contributed by atoms with Crippen LogP contribution < -0.4 is 10.2 Å². The number of para-hydroxylation sites is 1. The summed E-state index contributed by atoms with van der Waals surface area (Å²) >= 11 is 1.39. The summed E-state index contributed by atoms with van der Waals surface area (Å²) in [5, 5.41) is 12.3. The highest BCUT2D eigenvalue weighted by Gasteiger charge is 2.22. The molecule has 1 aliphatic heterocycles. The van der Waals surface area contributed by atoms with Crippen LogP contribution in [0.2, 0.25) is 0 Å². The van der Waals surface area contributed by atoms with Crippen molar-refractivity contribution in [2.75, 3.05) is 22.5 Å². The first-order chi connectivity index (χ1) is 14.1. The van der Waals surface area contributed by atoms with E-state index in [-0.39, 0.29) is 11.7 Å². The van der Waals surface area contributed by atoms with Crippen LogP contribution in [-0.2, 0) is 24.8 Å². The molecule has 8 heteroatoms. The molecule has 150 valence electrons. The highest BCUT2D eigenvalue weighted by molar-refractivity contribution is 7.99. The predicted molar refractivity (Wildman–Crippen MR) is 113 cm³/mol. The monoisotopic (exact) mass is 411 g/mol. The Hall–Kier alpha value is -2.87. The Morgan fingerprint density at radius 2 is 1.97 bits per heavy atom. The van der Waals surface area contributed by atoms with Crippen LogP contribution in [0.4, 0.5) is 15.8 Å². The fourth-order valence-electron chi connectivity index (χ4n) is 3.37. The van der Waals surface area contributed by atoms with E-state index in [9.17, 15) is 9.18 Å². The average molecular weight is 412 g/mol. The molecule has 0 bridgehead atoms. The highest BCUT2D eigenvalue weighted by Crippen LogP contribution is 2.28. The Labute approximate surface area is 173 Å². The minimum absolute atomic E-state index is 0.0798. The molecule has 1 amide bonds. The summed E-state index contributed by atoms with van der Waals surface area (Å²) in [7, 11) is 1.88. The number of nitrogens with one attached hydrogen (secondary N) is 1. The lowest BCUT2D eigenvalue weighted by Gasteiger charge is -2.29. The Kier molecular flexibility index (Phi) is 5.80. The summed E-state index contributed by atoms with van der Waals surface area (Å²) in [5.74, 6) is 0.865. The molecule has 0 atom stereocenters. The van der Waals surface area contributed by atoms with Crippen molar-refractivity contribution in [3.8, 4) is 0 Å². The number of thioether (sulfide) groups is 1. The van der Waals surface area contributed by atoms with Crippen LogP contribution in [0.3, 0.4) is 0 Å². The van der Waals surface area contributed by atoms with Crippen LogP contribution in [0.5, 0.6) is 0 Å². The van der Waals surface area contributed by atoms with E-state index in [4.69, 9.17) is 0 Å². The summed E-state index contributed by atoms with van der Waals surface area (Å²) in [6.45, 7) is 1.21. The number of aromatic nitrogens is 3. The minimum Gasteiger partial charge on any atom is -0.378 e. The smallest absolute Gasteiger partial charge is 0.237 e. The molecule has 1 aliphatic rings. The van der Waals surface area contributed by atoms with Crippen LogP contribution in [0.25, 0.3) is 0 Å². The zero-order valence-corrected chi connectivity index (χ0v) is 17.0. The molecule has 0 saturated heterocycles. The zero-order chi connectivity index (χ0) is 20.2. The Balaban J connectivity index is 1.36. The van der Waals surface area contributed by atoms with Gasteiger partial charge in [-0.25, -0.2) is 4.39 Å². The largest absolute Gasteiger partial charge is 0.378 e. The molecule has 1 aromatic heterocycles. The fourth-order valence-corrected chi connectivity index (χ4v) is 4.18. The number of halogens is 1. The standard InChI is InChI=1S/C21H22FN5OS/c1-26-19(13-23-17-10-8-16(22)9-11-17)24-25-21(26)29-14-20(28)27-12-4-6-15-5-2-3-7-18(15)27/h2-3,5,7-11,23H,4,6,12-14H2,1H3. The second-order valence-electron chi connectivity index (χ2n) is 6.88. The van der Waals surface area contributed by atoms with Crippen molar-refractivity contribution in [3.63, 3.8) is 0 Å². The van der Waals surface area contributed by atoms with E-state index in [0.29, 0.717) is 17.5 Å². The molecular weight excluding hydrogens is 389 g/mol. The SMILES string of the molecule is Cn1c(CNc2ccc(F)cc2)nnc1SCC(=O)N1CCCc2ccccc21. The quantitative estimate of drug-likeness (QED) is 0.628. The van der Waals surface area contributed by atoms with Crippen molar-refractivity contribution in [3.05, 3.63) is 65.7 Å². The summed E-state index contributed by atoms with van der Waals surface area (Å²) < 4.78 is 14.9. The van der Waals surface area contributed by atoms with Crippen LogP contribution >= 0.6 is 11.8 Å². The first-order valence-corrected chi connectivity index (χ1v) is 10.5. The topological polar surface area (TPSA) is 63.1 Å². The zero-order valence-electron chi connectivity index (χ0n) is 16.1. The van der Waals surface area contributed by atoms with Crippen LogP contribution in [0.15, 0.2) is 53.7 Å². The van der Waals surface area contributed by atoms with Gasteiger partial charge in [-0.2, -0.15) is 0 Å². The second kappa shape index (κ2) is 8.65. The lowest BCUT2D eigenvalue weighted by Crippen LogP contribution is -2.36. The number of fused-ring (bicyclic) bond motifs is 1. The third kappa shape index (κ3) is 4.42. The molecule has 0 spiro atoms. The van der Waals surface area contributed by atoms with Crippen LogP contribution in [-0.4, -0.2) is 33.0 Å². The lowest BCUT2D eigenvalue weighted by atomic mass is 10.0. The van der Waals surface area contributed by atoms with Gasteiger partial charge in [0, 0.05) is 25.0 Å². The second-order valence-corrected chi connectivity index (χ2v) is 7.83. The van der Waals surface area contributed by atoms with E-state index in [1.165, 1.54) is 29.5 Å². The molecule has 0 unspecified atom stereocenters. The molecular formula is C21H22FN5OS. The normalized spacial score (nSPS) is 13.2. The molecule has 0 saturated carbocycles. The van der Waals surface area contributed by atoms with Gasteiger partial charge in [0.1, 0.15) is 5.82 Å².